The first-order valence-corrected chi connectivity index (χ1v) is 8.72. The Labute approximate surface area is 140 Å². The van der Waals surface area contributed by atoms with Crippen molar-refractivity contribution in [1.29, 1.82) is 5.41 Å². The zero-order chi connectivity index (χ0) is 16.0. The van der Waals surface area contributed by atoms with Crippen LogP contribution in [0.1, 0.15) is 51.9 Å². The smallest absolute Gasteiger partial charge is 0.0663 e. The van der Waals surface area contributed by atoms with E-state index in [2.05, 4.69) is 48.4 Å². The molecule has 0 spiro atoms. The first-order chi connectivity index (χ1) is 11.2. The molecule has 3 nitrogen and oxygen atoms in total. The molecule has 3 atom stereocenters. The first kappa shape index (κ1) is 14.6. The van der Waals surface area contributed by atoms with Crippen molar-refractivity contribution in [2.24, 2.45) is 11.8 Å². The molecule has 0 saturated heterocycles. The van der Waals surface area contributed by atoms with Crippen LogP contribution in [-0.4, -0.2) is 11.2 Å². The lowest BCUT2D eigenvalue weighted by atomic mass is 9.91. The molecular formula is C20H29N3. The first-order valence-electron chi connectivity index (χ1n) is 8.72. The normalized spacial score (nSPS) is 26.9. The SMILES string of the molecule is C/C(=C\C1CC1C=N)NC1CCCc2c1[nH]c1ccc(C)cc21.[HH].[HH]. The molecule has 1 aromatic carbocycles. The average molecular weight is 311 g/mol. The molecule has 3 heteroatoms. The molecule has 0 bridgehead atoms. The highest BCUT2D eigenvalue weighted by Crippen LogP contribution is 2.39. The van der Waals surface area contributed by atoms with Gasteiger partial charge in [-0.05, 0) is 69.4 Å². The van der Waals surface area contributed by atoms with E-state index < -0.39 is 0 Å². The van der Waals surface area contributed by atoms with Crippen LogP contribution in [0.4, 0.5) is 0 Å². The highest BCUT2D eigenvalue weighted by atomic mass is 15.0. The molecule has 1 aromatic heterocycles. The van der Waals surface area contributed by atoms with E-state index >= 15 is 0 Å². The fourth-order valence-corrected chi connectivity index (χ4v) is 3.98. The van der Waals surface area contributed by atoms with E-state index in [1.807, 2.05) is 0 Å². The Kier molecular flexibility index (Phi) is 3.51. The number of hydrogen-bond acceptors (Lipinski definition) is 2. The topological polar surface area (TPSA) is 51.7 Å². The second-order valence-electron chi connectivity index (χ2n) is 7.24. The summed E-state index contributed by atoms with van der Waals surface area (Å²) in [5, 5.41) is 12.5. The van der Waals surface area contributed by atoms with Crippen molar-refractivity contribution in [3.8, 4) is 0 Å². The molecule has 124 valence electrons. The van der Waals surface area contributed by atoms with Gasteiger partial charge < -0.3 is 15.7 Å². The van der Waals surface area contributed by atoms with Gasteiger partial charge in [-0.15, -0.1) is 0 Å². The van der Waals surface area contributed by atoms with E-state index in [4.69, 9.17) is 5.41 Å². The summed E-state index contributed by atoms with van der Waals surface area (Å²) in [6.45, 7) is 4.33. The van der Waals surface area contributed by atoms with Crippen LogP contribution in [0.3, 0.4) is 0 Å². The lowest BCUT2D eigenvalue weighted by Gasteiger charge is -2.25. The van der Waals surface area contributed by atoms with Gasteiger partial charge in [0.05, 0.1) is 6.04 Å². The van der Waals surface area contributed by atoms with Crippen LogP contribution >= 0.6 is 0 Å². The number of nitrogens with one attached hydrogen (secondary N) is 3. The molecular weight excluding hydrogens is 282 g/mol. The van der Waals surface area contributed by atoms with E-state index in [1.54, 1.807) is 6.21 Å². The van der Waals surface area contributed by atoms with Gasteiger partial charge in [0.25, 0.3) is 0 Å². The molecule has 0 radical (unpaired) electrons. The van der Waals surface area contributed by atoms with Gasteiger partial charge in [0.1, 0.15) is 0 Å². The molecule has 0 amide bonds. The molecule has 0 aliphatic heterocycles. The van der Waals surface area contributed by atoms with Crippen LogP contribution in [0.15, 0.2) is 30.0 Å². The zero-order valence-corrected chi connectivity index (χ0v) is 13.9. The molecule has 2 aromatic rings. The highest BCUT2D eigenvalue weighted by molar-refractivity contribution is 5.85. The number of benzene rings is 1. The quantitative estimate of drug-likeness (QED) is 0.674. The summed E-state index contributed by atoms with van der Waals surface area (Å²) in [7, 11) is 0. The number of allylic oxidation sites excluding steroid dienone is 2. The maximum absolute atomic E-state index is 7.34. The minimum absolute atomic E-state index is 0. The Bertz CT molecular complexity index is 794. The Balaban J connectivity index is 0.00000113. The molecule has 3 unspecified atom stereocenters. The summed E-state index contributed by atoms with van der Waals surface area (Å²) in [6.07, 6.45) is 8.65. The number of aromatic amines is 1. The summed E-state index contributed by atoms with van der Waals surface area (Å²) in [4.78, 5) is 3.66. The molecule has 3 N–H and O–H groups in total. The van der Waals surface area contributed by atoms with E-state index in [-0.39, 0.29) is 2.85 Å². The Morgan fingerprint density at radius 1 is 1.39 bits per heavy atom. The minimum Gasteiger partial charge on any atom is -0.381 e. The lowest BCUT2D eigenvalue weighted by molar-refractivity contribution is 0.490. The van der Waals surface area contributed by atoms with Crippen molar-refractivity contribution in [2.45, 2.75) is 45.6 Å². The van der Waals surface area contributed by atoms with Crippen LogP contribution in [0.5, 0.6) is 0 Å². The number of fused-ring (bicyclic) bond motifs is 3. The molecule has 2 aliphatic carbocycles. The maximum Gasteiger partial charge on any atom is 0.0663 e. The summed E-state index contributed by atoms with van der Waals surface area (Å²) < 4.78 is 0. The third kappa shape index (κ3) is 2.69. The van der Waals surface area contributed by atoms with Crippen molar-refractivity contribution < 1.29 is 2.85 Å². The standard InChI is InChI=1S/C20H25N3.2H2/c1-12-6-7-18-17(8-12)16-4-3-5-19(20(16)23-18)22-13(2)9-14-10-15(14)11-21;;/h6-9,11,14-15,19,21-23H,3-5,10H2,1-2H3;2*1H/b13-9+,21-11?;;. The van der Waals surface area contributed by atoms with Crippen LogP contribution in [0.25, 0.3) is 10.9 Å². The molecule has 1 heterocycles. The van der Waals surface area contributed by atoms with Crippen molar-refractivity contribution in [1.82, 2.24) is 10.3 Å². The van der Waals surface area contributed by atoms with Gasteiger partial charge in [0.2, 0.25) is 0 Å². The van der Waals surface area contributed by atoms with Crippen LogP contribution < -0.4 is 5.32 Å². The minimum atomic E-state index is 0. The highest BCUT2D eigenvalue weighted by Gasteiger charge is 2.33. The molecule has 23 heavy (non-hydrogen) atoms. The fourth-order valence-electron chi connectivity index (χ4n) is 3.98. The van der Waals surface area contributed by atoms with Gasteiger partial charge in [0, 0.05) is 31.1 Å². The average Bonchev–Trinajstić information content (AvgIpc) is 3.18. The van der Waals surface area contributed by atoms with Gasteiger partial charge in [-0.25, -0.2) is 0 Å². The fraction of sp³-hybridized carbons (Fsp3) is 0.450. The van der Waals surface area contributed by atoms with Crippen molar-refractivity contribution >= 4 is 17.1 Å². The van der Waals surface area contributed by atoms with Crippen molar-refractivity contribution in [3.63, 3.8) is 0 Å². The van der Waals surface area contributed by atoms with E-state index in [0.29, 0.717) is 17.9 Å². The van der Waals surface area contributed by atoms with Gasteiger partial charge in [-0.1, -0.05) is 17.7 Å². The predicted octanol–water partition coefficient (Wildman–Crippen LogP) is 5.12. The zero-order valence-electron chi connectivity index (χ0n) is 13.9. The van der Waals surface area contributed by atoms with Crippen LogP contribution in [0.2, 0.25) is 0 Å². The second-order valence-corrected chi connectivity index (χ2v) is 7.24. The Hall–Kier alpha value is -2.03. The van der Waals surface area contributed by atoms with Crippen molar-refractivity contribution in [3.05, 3.63) is 46.8 Å². The maximum atomic E-state index is 7.34. The van der Waals surface area contributed by atoms with Gasteiger partial charge >= 0.3 is 0 Å². The number of aryl methyl sites for hydroxylation is 2. The number of rotatable bonds is 4. The predicted molar refractivity (Wildman–Crippen MR) is 100 cm³/mol. The van der Waals surface area contributed by atoms with E-state index in [1.165, 1.54) is 52.7 Å². The lowest BCUT2D eigenvalue weighted by Crippen LogP contribution is -2.24. The van der Waals surface area contributed by atoms with Crippen molar-refractivity contribution in [2.75, 3.05) is 0 Å². The summed E-state index contributed by atoms with van der Waals surface area (Å²) in [6, 6.07) is 7.10. The third-order valence-electron chi connectivity index (χ3n) is 5.33. The molecule has 1 fully saturated rings. The molecule has 1 saturated carbocycles. The number of H-pyrrole nitrogens is 1. The van der Waals surface area contributed by atoms with Crippen LogP contribution in [0, 0.1) is 24.2 Å². The van der Waals surface area contributed by atoms with Crippen LogP contribution in [-0.2, 0) is 6.42 Å². The second kappa shape index (κ2) is 5.55. The van der Waals surface area contributed by atoms with Gasteiger partial charge in [-0.2, -0.15) is 0 Å². The summed E-state index contributed by atoms with van der Waals surface area (Å²) >= 11 is 0. The summed E-state index contributed by atoms with van der Waals surface area (Å²) in [5.41, 5.74) is 6.74. The Morgan fingerprint density at radius 2 is 2.26 bits per heavy atom. The number of hydrogen-bond donors (Lipinski definition) is 3. The van der Waals surface area contributed by atoms with Gasteiger partial charge in [0.15, 0.2) is 0 Å². The van der Waals surface area contributed by atoms with E-state index in [0.717, 1.165) is 6.42 Å². The number of aromatic nitrogens is 1. The molecule has 2 aliphatic rings. The molecule has 4 rings (SSSR count). The van der Waals surface area contributed by atoms with Gasteiger partial charge in [-0.3, -0.25) is 0 Å². The third-order valence-corrected chi connectivity index (χ3v) is 5.33. The van der Waals surface area contributed by atoms with E-state index in [9.17, 15) is 0 Å². The monoisotopic (exact) mass is 311 g/mol. The summed E-state index contributed by atoms with van der Waals surface area (Å²) in [5.74, 6) is 1.05. The largest absolute Gasteiger partial charge is 0.381 e. The Morgan fingerprint density at radius 3 is 3.04 bits per heavy atom.